The Morgan fingerprint density at radius 2 is 1.38 bits per heavy atom. The number of hydrogen-bond acceptors (Lipinski definition) is 7. The van der Waals surface area contributed by atoms with Crippen LogP contribution in [0.3, 0.4) is 0 Å². The Morgan fingerprint density at radius 3 is 2.00 bits per heavy atom. The smallest absolute Gasteiger partial charge is 0.329 e. The Hall–Kier alpha value is -5.27. The monoisotopic (exact) mass is 538 g/mol. The molecule has 0 unspecified atom stereocenters. The van der Waals surface area contributed by atoms with E-state index in [0.717, 1.165) is 0 Å². The van der Waals surface area contributed by atoms with Gasteiger partial charge in [0.05, 0.1) is 23.7 Å². The molecule has 4 amide bonds. The molecule has 2 aromatic carbocycles. The number of nitrogens with one attached hydrogen (secondary N) is 3. The summed E-state index contributed by atoms with van der Waals surface area (Å²) in [6.45, 7) is 0. The van der Waals surface area contributed by atoms with Crippen molar-refractivity contribution < 1.29 is 29.1 Å². The maximum Gasteiger partial charge on any atom is 0.329 e. The van der Waals surface area contributed by atoms with E-state index < -0.39 is 71.8 Å². The van der Waals surface area contributed by atoms with Crippen molar-refractivity contribution >= 4 is 40.5 Å². The Kier molecular flexibility index (Phi) is 8.94. The van der Waals surface area contributed by atoms with Gasteiger partial charge in [0.1, 0.15) is 18.1 Å². The zero-order chi connectivity index (χ0) is 28.7. The maximum absolute atomic E-state index is 13.5. The van der Waals surface area contributed by atoms with Gasteiger partial charge >= 0.3 is 11.7 Å². The molecule has 0 bridgehead atoms. The average molecular weight is 539 g/mol. The van der Waals surface area contributed by atoms with Crippen molar-refractivity contribution in [1.29, 1.82) is 0 Å². The number of aliphatic carboxylic acids is 1. The molecular weight excluding hydrogens is 512 g/mol. The zero-order valence-corrected chi connectivity index (χ0v) is 20.5. The summed E-state index contributed by atoms with van der Waals surface area (Å²) in [6.07, 6.45) is -1.66. The maximum atomic E-state index is 13.5. The summed E-state index contributed by atoms with van der Waals surface area (Å²) in [5.74, 6) is -5.75. The van der Waals surface area contributed by atoms with Crippen LogP contribution < -0.4 is 33.3 Å². The summed E-state index contributed by atoms with van der Waals surface area (Å²) in [5.41, 5.74) is 9.42. The van der Waals surface area contributed by atoms with E-state index in [1.807, 2.05) is 5.32 Å². The molecule has 14 nitrogen and oxygen atoms in total. The number of nitrogens with two attached hydrogens (primary N) is 2. The predicted molar refractivity (Wildman–Crippen MR) is 137 cm³/mol. The number of rotatable bonds is 12. The van der Waals surface area contributed by atoms with Gasteiger partial charge in [-0.2, -0.15) is 0 Å². The molecule has 3 atom stereocenters. The van der Waals surface area contributed by atoms with E-state index >= 15 is 0 Å². The van der Waals surface area contributed by atoms with Gasteiger partial charge in [-0.05, 0) is 17.7 Å². The first-order valence-electron chi connectivity index (χ1n) is 11.7. The second-order valence-corrected chi connectivity index (χ2v) is 8.66. The summed E-state index contributed by atoms with van der Waals surface area (Å²) >= 11 is 0. The SMILES string of the molecule is NC(=O)C[C@H](NC(=O)[C@H](CC(N)=O)NC(=O)[C@H](Cc1ccccc1)n1c(=O)[nH]c2ccccc2c1=O)C(=O)O. The van der Waals surface area contributed by atoms with E-state index in [0.29, 0.717) is 10.1 Å². The Labute approximate surface area is 220 Å². The number of fused-ring (bicyclic) bond motifs is 1. The van der Waals surface area contributed by atoms with Crippen LogP contribution >= 0.6 is 0 Å². The molecule has 8 N–H and O–H groups in total. The van der Waals surface area contributed by atoms with Crippen molar-refractivity contribution in [3.63, 3.8) is 0 Å². The molecule has 0 saturated carbocycles. The largest absolute Gasteiger partial charge is 0.480 e. The molecule has 3 aromatic rings. The normalized spacial score (nSPS) is 13.1. The predicted octanol–water partition coefficient (Wildman–Crippen LogP) is -1.72. The lowest BCUT2D eigenvalue weighted by atomic mass is 10.0. The van der Waals surface area contributed by atoms with E-state index in [9.17, 15) is 38.7 Å². The van der Waals surface area contributed by atoms with Crippen molar-refractivity contribution in [2.75, 3.05) is 0 Å². The van der Waals surface area contributed by atoms with E-state index in [1.165, 1.54) is 12.1 Å². The lowest BCUT2D eigenvalue weighted by Crippen LogP contribution is -2.55. The molecule has 0 aliphatic heterocycles. The van der Waals surface area contributed by atoms with Crippen LogP contribution in [-0.2, 0) is 30.4 Å². The molecular formula is C25H26N6O8. The number of benzene rings is 2. The van der Waals surface area contributed by atoms with Crippen LogP contribution in [0.15, 0.2) is 64.2 Å². The average Bonchev–Trinajstić information content (AvgIpc) is 2.87. The lowest BCUT2D eigenvalue weighted by molar-refractivity contribution is -0.144. The molecule has 0 aliphatic rings. The highest BCUT2D eigenvalue weighted by atomic mass is 16.4. The third kappa shape index (κ3) is 7.15. The van der Waals surface area contributed by atoms with Crippen molar-refractivity contribution in [3.8, 4) is 0 Å². The first-order valence-corrected chi connectivity index (χ1v) is 11.7. The van der Waals surface area contributed by atoms with Gasteiger partial charge in [0.25, 0.3) is 5.56 Å². The van der Waals surface area contributed by atoms with Gasteiger partial charge in [0.2, 0.25) is 23.6 Å². The quantitative estimate of drug-likeness (QED) is 0.155. The Morgan fingerprint density at radius 1 is 0.821 bits per heavy atom. The number of carboxylic acids is 1. The number of carbonyl (C=O) groups is 5. The molecule has 0 spiro atoms. The molecule has 0 radical (unpaired) electrons. The topological polar surface area (TPSA) is 237 Å². The van der Waals surface area contributed by atoms with Crippen molar-refractivity contribution in [3.05, 3.63) is 81.0 Å². The zero-order valence-electron chi connectivity index (χ0n) is 20.5. The van der Waals surface area contributed by atoms with Crippen LogP contribution in [0.5, 0.6) is 0 Å². The standard InChI is InChI=1S/C25H26N6O8/c26-19(32)11-16(21(34)29-17(24(37)38)12-20(27)33)28-22(35)18(10-13-6-2-1-3-7-13)31-23(36)14-8-4-5-9-15(14)30-25(31)39/h1-9,16-18H,10-12H2,(H2,26,32)(H2,27,33)(H,28,35)(H,29,34)(H,30,39)(H,37,38)/t16-,17-,18-/m0/s1. The first kappa shape index (κ1) is 28.3. The van der Waals surface area contributed by atoms with Crippen molar-refractivity contribution in [1.82, 2.24) is 20.2 Å². The molecule has 1 aromatic heterocycles. The van der Waals surface area contributed by atoms with Gasteiger partial charge in [0, 0.05) is 6.42 Å². The Balaban J connectivity index is 2.01. The number of H-pyrrole nitrogens is 1. The number of para-hydroxylation sites is 1. The summed E-state index contributed by atoms with van der Waals surface area (Å²) in [6, 6.07) is 9.68. The van der Waals surface area contributed by atoms with E-state index in [2.05, 4.69) is 10.3 Å². The van der Waals surface area contributed by atoms with Gasteiger partial charge in [0.15, 0.2) is 0 Å². The number of hydrogen-bond donors (Lipinski definition) is 6. The van der Waals surface area contributed by atoms with Gasteiger partial charge < -0.3 is 32.2 Å². The van der Waals surface area contributed by atoms with Gasteiger partial charge in [-0.1, -0.05) is 42.5 Å². The molecule has 0 aliphatic carbocycles. The number of carbonyl (C=O) groups excluding carboxylic acids is 4. The van der Waals surface area contributed by atoms with E-state index in [1.54, 1.807) is 42.5 Å². The number of carboxylic acid groups (broad SMARTS) is 1. The van der Waals surface area contributed by atoms with Crippen LogP contribution in [0.25, 0.3) is 10.9 Å². The van der Waals surface area contributed by atoms with Gasteiger partial charge in [-0.3, -0.25) is 24.0 Å². The number of nitrogens with zero attached hydrogens (tertiary/aromatic N) is 1. The van der Waals surface area contributed by atoms with Crippen LogP contribution in [0.2, 0.25) is 0 Å². The fourth-order valence-electron chi connectivity index (χ4n) is 3.95. The number of amides is 4. The molecule has 39 heavy (non-hydrogen) atoms. The van der Waals surface area contributed by atoms with Gasteiger partial charge in [-0.15, -0.1) is 0 Å². The second kappa shape index (κ2) is 12.3. The summed E-state index contributed by atoms with van der Waals surface area (Å²) < 4.78 is 0.705. The minimum atomic E-state index is -1.74. The van der Waals surface area contributed by atoms with Crippen LogP contribution in [0, 0.1) is 0 Å². The minimum Gasteiger partial charge on any atom is -0.480 e. The fraction of sp³-hybridized carbons (Fsp3) is 0.240. The first-order chi connectivity index (χ1) is 18.5. The lowest BCUT2D eigenvalue weighted by Gasteiger charge is -2.24. The number of aromatic nitrogens is 2. The highest BCUT2D eigenvalue weighted by Gasteiger charge is 2.32. The van der Waals surface area contributed by atoms with E-state index in [-0.39, 0.29) is 17.3 Å². The molecule has 1 heterocycles. The second-order valence-electron chi connectivity index (χ2n) is 8.66. The number of primary amides is 2. The Bertz CT molecular complexity index is 1530. The molecule has 3 rings (SSSR count). The van der Waals surface area contributed by atoms with Crippen molar-refractivity contribution in [2.45, 2.75) is 37.4 Å². The van der Waals surface area contributed by atoms with Crippen LogP contribution in [-0.4, -0.2) is 56.3 Å². The summed E-state index contributed by atoms with van der Waals surface area (Å²) in [5, 5.41) is 13.7. The van der Waals surface area contributed by atoms with Gasteiger partial charge in [-0.25, -0.2) is 14.2 Å². The number of aromatic amines is 1. The minimum absolute atomic E-state index is 0.130. The molecule has 204 valence electrons. The molecule has 0 saturated heterocycles. The summed E-state index contributed by atoms with van der Waals surface area (Å²) in [7, 11) is 0. The third-order valence-electron chi connectivity index (χ3n) is 5.78. The van der Waals surface area contributed by atoms with Crippen LogP contribution in [0.4, 0.5) is 0 Å². The third-order valence-corrected chi connectivity index (χ3v) is 5.78. The summed E-state index contributed by atoms with van der Waals surface area (Å²) in [4.78, 5) is 89.5. The van der Waals surface area contributed by atoms with Crippen LogP contribution in [0.1, 0.15) is 24.4 Å². The highest BCUT2D eigenvalue weighted by molar-refractivity contribution is 5.95. The van der Waals surface area contributed by atoms with E-state index in [4.69, 9.17) is 11.5 Å². The highest BCUT2D eigenvalue weighted by Crippen LogP contribution is 2.14. The molecule has 14 heteroatoms. The molecule has 0 fully saturated rings. The fourth-order valence-corrected chi connectivity index (χ4v) is 3.95. The van der Waals surface area contributed by atoms with Crippen molar-refractivity contribution in [2.24, 2.45) is 11.5 Å².